The number of carbonyl (C=O) groups excluding carboxylic acids is 2. The van der Waals surface area contributed by atoms with Gasteiger partial charge in [-0.25, -0.2) is 0 Å². The molecule has 0 bridgehead atoms. The number of hydrogen-bond acceptors (Lipinski definition) is 20. The van der Waals surface area contributed by atoms with Crippen molar-refractivity contribution in [2.24, 2.45) is 11.8 Å². The average molecular weight is 795 g/mol. The van der Waals surface area contributed by atoms with Crippen LogP contribution in [0.2, 0.25) is 0 Å². The van der Waals surface area contributed by atoms with Gasteiger partial charge in [-0.15, -0.1) is 0 Å². The van der Waals surface area contributed by atoms with E-state index >= 15 is 0 Å². The second-order valence-electron chi connectivity index (χ2n) is 14.0. The Hall–Kier alpha value is -1.78. The zero-order valence-corrected chi connectivity index (χ0v) is 31.1. The molecule has 2 rings (SSSR count). The van der Waals surface area contributed by atoms with Gasteiger partial charge in [0.2, 0.25) is 0 Å². The van der Waals surface area contributed by atoms with Gasteiger partial charge >= 0.3 is 0 Å². The molecule has 2 fully saturated rings. The Bertz CT molecular complexity index is 1010. The van der Waals surface area contributed by atoms with Crippen LogP contribution in [0.25, 0.3) is 0 Å². The smallest absolute Gasteiger partial charge is 0.251 e. The van der Waals surface area contributed by atoms with E-state index in [0.29, 0.717) is 0 Å². The van der Waals surface area contributed by atoms with Crippen molar-refractivity contribution in [3.8, 4) is 0 Å². The molecule has 0 aromatic carbocycles. The molecule has 0 spiro atoms. The Morgan fingerprint density at radius 1 is 0.574 bits per heavy atom. The number of aliphatic hydroxyl groups excluding tert-OH is 14. The Morgan fingerprint density at radius 2 is 0.870 bits per heavy atom. The van der Waals surface area contributed by atoms with E-state index in [0.717, 1.165) is 0 Å². The fourth-order valence-corrected chi connectivity index (χ4v) is 5.50. The Balaban J connectivity index is 0.000000540. The molecule has 2 saturated heterocycles. The predicted molar refractivity (Wildman–Crippen MR) is 180 cm³/mol. The first-order valence-corrected chi connectivity index (χ1v) is 17.6. The van der Waals surface area contributed by atoms with Crippen molar-refractivity contribution >= 4 is 11.8 Å². The number of ether oxygens (including phenoxy) is 4. The van der Waals surface area contributed by atoms with Crippen LogP contribution < -0.4 is 10.6 Å². The standard InChI is InChI=1S/2C16H31NO10/c2*1-6(2)17-15(25)13(24)12(23)14(8(20)4-18)27-16-11(22)7(3)10(21)9(5-19)26-16/h2*6-14,16,18-24H,4-5H2,1-3H3,(H,17,25)/t7-,8+,9+,10+,11+,12+,13+,14+,16-;7-,8-,9+,10+,11+,12-,13-,14-,16-/m11/s1. The number of nitrogens with one attached hydrogen (secondary N) is 2. The topological polar surface area (TPSA) is 378 Å². The first-order chi connectivity index (χ1) is 25.1. The van der Waals surface area contributed by atoms with Gasteiger partial charge in [-0.1, -0.05) is 13.8 Å². The average Bonchev–Trinajstić information content (AvgIpc) is 3.13. The van der Waals surface area contributed by atoms with Gasteiger partial charge in [-0.2, -0.15) is 0 Å². The molecule has 0 saturated carbocycles. The third kappa shape index (κ3) is 13.7. The number of hydrogen-bond donors (Lipinski definition) is 16. The highest BCUT2D eigenvalue weighted by molar-refractivity contribution is 5.81. The molecule has 0 radical (unpaired) electrons. The van der Waals surface area contributed by atoms with E-state index in [9.17, 15) is 81.1 Å². The quantitative estimate of drug-likeness (QED) is 0.0612. The lowest BCUT2D eigenvalue weighted by atomic mass is 9.90. The minimum atomic E-state index is -1.99. The van der Waals surface area contributed by atoms with Crippen molar-refractivity contribution in [1.29, 1.82) is 0 Å². The minimum Gasteiger partial charge on any atom is -0.394 e. The molecule has 0 aliphatic carbocycles. The predicted octanol–water partition coefficient (Wildman–Crippen LogP) is -7.91. The summed E-state index contributed by atoms with van der Waals surface area (Å²) < 4.78 is 21.2. The third-order valence-electron chi connectivity index (χ3n) is 8.89. The second kappa shape index (κ2) is 23.5. The van der Waals surface area contributed by atoms with Crippen molar-refractivity contribution < 1.29 is 100 Å². The Morgan fingerprint density at radius 3 is 1.11 bits per heavy atom. The lowest BCUT2D eigenvalue weighted by molar-refractivity contribution is -0.317. The molecule has 0 aromatic rings. The van der Waals surface area contributed by atoms with Crippen molar-refractivity contribution in [3.63, 3.8) is 0 Å². The maximum Gasteiger partial charge on any atom is 0.251 e. The molecule has 320 valence electrons. The van der Waals surface area contributed by atoms with Crippen molar-refractivity contribution in [1.82, 2.24) is 10.6 Å². The van der Waals surface area contributed by atoms with Crippen molar-refractivity contribution in [2.45, 2.75) is 152 Å². The number of carbonyl (C=O) groups is 2. The summed E-state index contributed by atoms with van der Waals surface area (Å²) in [6.45, 7) is 6.63. The highest BCUT2D eigenvalue weighted by Crippen LogP contribution is 2.30. The van der Waals surface area contributed by atoms with Gasteiger partial charge in [0, 0.05) is 23.9 Å². The molecule has 54 heavy (non-hydrogen) atoms. The number of rotatable bonds is 18. The minimum absolute atomic E-state index is 0.322. The normalized spacial score (nSPS) is 33.4. The summed E-state index contributed by atoms with van der Waals surface area (Å²) in [5, 5.41) is 142. The monoisotopic (exact) mass is 794 g/mol. The zero-order valence-electron chi connectivity index (χ0n) is 31.1. The van der Waals surface area contributed by atoms with Gasteiger partial charge in [0.05, 0.1) is 38.6 Å². The van der Waals surface area contributed by atoms with Crippen LogP contribution in [0, 0.1) is 11.8 Å². The lowest BCUT2D eigenvalue weighted by Crippen LogP contribution is -2.59. The van der Waals surface area contributed by atoms with E-state index < -0.39 is 148 Å². The first-order valence-electron chi connectivity index (χ1n) is 17.6. The molecular formula is C32H62N2O20. The van der Waals surface area contributed by atoms with Gasteiger partial charge in [-0.05, 0) is 27.7 Å². The second-order valence-corrected chi connectivity index (χ2v) is 14.0. The SMILES string of the molecule is CC(C)NC(=O)[C@@H](O)[C@H](O)[C@@H](O[C@H]1O[C@@H](CO)[C@@H](O)[C@@H](C)[C@@H]1O)[C@@H](O)CO.CC(C)NC(=O)[C@H](O)[C@@H](O)[C@H](O[C@H]1O[C@@H](CO)[C@@H](O)[C@@H](C)[C@@H]1O)[C@H](O)CO. The summed E-state index contributed by atoms with van der Waals surface area (Å²) in [6, 6.07) is -0.643. The summed E-state index contributed by atoms with van der Waals surface area (Å²) in [7, 11) is 0. The molecule has 2 heterocycles. The maximum atomic E-state index is 11.9. The van der Waals surface area contributed by atoms with Crippen LogP contribution in [0.1, 0.15) is 41.5 Å². The first kappa shape index (κ1) is 50.2. The highest BCUT2D eigenvalue weighted by Gasteiger charge is 2.48. The molecule has 22 nitrogen and oxygen atoms in total. The van der Waals surface area contributed by atoms with Gasteiger partial charge in [0.1, 0.15) is 61.0 Å². The van der Waals surface area contributed by atoms with Crippen LogP contribution in [0.5, 0.6) is 0 Å². The summed E-state index contributed by atoms with van der Waals surface area (Å²) in [6.07, 6.45) is -25.1. The van der Waals surface area contributed by atoms with E-state index in [1.54, 1.807) is 27.7 Å². The molecule has 0 aromatic heterocycles. The lowest BCUT2D eigenvalue weighted by Gasteiger charge is -2.43. The van der Waals surface area contributed by atoms with Crippen LogP contribution in [0.4, 0.5) is 0 Å². The largest absolute Gasteiger partial charge is 0.394 e. The van der Waals surface area contributed by atoms with E-state index in [4.69, 9.17) is 18.9 Å². The van der Waals surface area contributed by atoms with Crippen LogP contribution in [-0.2, 0) is 28.5 Å². The molecule has 2 amide bonds. The van der Waals surface area contributed by atoms with E-state index in [2.05, 4.69) is 10.6 Å². The molecule has 18 atom stereocenters. The zero-order chi connectivity index (χ0) is 41.8. The van der Waals surface area contributed by atoms with E-state index in [1.807, 2.05) is 0 Å². The molecule has 22 heteroatoms. The van der Waals surface area contributed by atoms with Gasteiger partial charge in [0.15, 0.2) is 24.8 Å². The van der Waals surface area contributed by atoms with Crippen LogP contribution in [0.3, 0.4) is 0 Å². The summed E-state index contributed by atoms with van der Waals surface area (Å²) in [4.78, 5) is 23.8. The number of aliphatic hydroxyl groups is 14. The third-order valence-corrected chi connectivity index (χ3v) is 8.89. The molecule has 2 aliphatic rings. The molecule has 16 N–H and O–H groups in total. The van der Waals surface area contributed by atoms with Crippen LogP contribution in [-0.4, -0.2) is 220 Å². The molecule has 0 unspecified atom stereocenters. The van der Waals surface area contributed by atoms with E-state index in [1.165, 1.54) is 13.8 Å². The van der Waals surface area contributed by atoms with Gasteiger partial charge in [-0.3, -0.25) is 9.59 Å². The summed E-state index contributed by atoms with van der Waals surface area (Å²) in [5.41, 5.74) is 0. The maximum absolute atomic E-state index is 11.9. The Labute approximate surface area is 312 Å². The molecule has 2 aliphatic heterocycles. The fourth-order valence-electron chi connectivity index (χ4n) is 5.50. The van der Waals surface area contributed by atoms with Crippen molar-refractivity contribution in [2.75, 3.05) is 26.4 Å². The fraction of sp³-hybridized carbons (Fsp3) is 0.938. The molecular weight excluding hydrogens is 732 g/mol. The van der Waals surface area contributed by atoms with E-state index in [-0.39, 0.29) is 12.1 Å². The van der Waals surface area contributed by atoms with Crippen molar-refractivity contribution in [3.05, 3.63) is 0 Å². The Kier molecular flexibility index (Phi) is 21.8. The van der Waals surface area contributed by atoms with Gasteiger partial charge in [0.25, 0.3) is 11.8 Å². The summed E-state index contributed by atoms with van der Waals surface area (Å²) in [5.74, 6) is -3.39. The highest BCUT2D eigenvalue weighted by atomic mass is 16.7. The van der Waals surface area contributed by atoms with Gasteiger partial charge < -0.3 is 101 Å². The van der Waals surface area contributed by atoms with Crippen LogP contribution in [0.15, 0.2) is 0 Å². The summed E-state index contributed by atoms with van der Waals surface area (Å²) >= 11 is 0. The number of amides is 2. The van der Waals surface area contributed by atoms with Crippen LogP contribution >= 0.6 is 0 Å².